The van der Waals surface area contributed by atoms with Crippen molar-refractivity contribution in [2.24, 2.45) is 0 Å². The normalized spacial score (nSPS) is 16.1. The third-order valence-electron chi connectivity index (χ3n) is 6.97. The molecule has 1 amide bonds. The van der Waals surface area contributed by atoms with Gasteiger partial charge in [0.25, 0.3) is 11.5 Å². The Morgan fingerprint density at radius 3 is 2.67 bits per heavy atom. The van der Waals surface area contributed by atoms with Crippen molar-refractivity contribution in [2.75, 3.05) is 26.2 Å². The van der Waals surface area contributed by atoms with Gasteiger partial charge in [-0.2, -0.15) is 0 Å². The quantitative estimate of drug-likeness (QED) is 0.445. The molecule has 1 aliphatic rings. The first-order valence-electron chi connectivity index (χ1n) is 12.4. The smallest absolute Gasteiger partial charge is 0.258 e. The van der Waals surface area contributed by atoms with Crippen molar-refractivity contribution in [3.8, 4) is 16.9 Å². The molecule has 1 fully saturated rings. The molecule has 1 N–H and O–H groups in total. The van der Waals surface area contributed by atoms with Crippen LogP contribution in [-0.4, -0.2) is 67.9 Å². The number of pyridine rings is 1. The van der Waals surface area contributed by atoms with Crippen LogP contribution >= 0.6 is 0 Å². The largest absolute Gasteiger partial charge is 0.337 e. The van der Waals surface area contributed by atoms with Gasteiger partial charge in [0.05, 0.1) is 17.4 Å². The lowest BCUT2D eigenvalue weighted by atomic mass is 10.0. The van der Waals surface area contributed by atoms with Crippen LogP contribution in [0.1, 0.15) is 37.0 Å². The fourth-order valence-electron chi connectivity index (χ4n) is 5.00. The van der Waals surface area contributed by atoms with Gasteiger partial charge in [-0.15, -0.1) is 5.10 Å². The van der Waals surface area contributed by atoms with Crippen molar-refractivity contribution in [3.63, 3.8) is 0 Å². The van der Waals surface area contributed by atoms with Crippen LogP contribution in [0.5, 0.6) is 0 Å². The summed E-state index contributed by atoms with van der Waals surface area (Å²) in [5.74, 6) is -0.348. The van der Waals surface area contributed by atoms with Gasteiger partial charge in [-0.1, -0.05) is 19.1 Å². The molecule has 1 atom stereocenters. The Morgan fingerprint density at radius 1 is 1.14 bits per heavy atom. The molecule has 1 saturated heterocycles. The first-order chi connectivity index (χ1) is 17.5. The minimum atomic E-state index is -0.382. The van der Waals surface area contributed by atoms with E-state index in [1.807, 2.05) is 17.0 Å². The Bertz CT molecular complexity index is 1440. The number of likely N-dealkylation sites (tertiary alicyclic amines) is 1. The van der Waals surface area contributed by atoms with Gasteiger partial charge >= 0.3 is 0 Å². The van der Waals surface area contributed by atoms with E-state index in [2.05, 4.69) is 34.0 Å². The van der Waals surface area contributed by atoms with Gasteiger partial charge in [0.15, 0.2) is 0 Å². The molecule has 2 aromatic heterocycles. The first kappa shape index (κ1) is 23.9. The van der Waals surface area contributed by atoms with E-state index in [1.54, 1.807) is 29.1 Å². The summed E-state index contributed by atoms with van der Waals surface area (Å²) in [5.41, 5.74) is 2.25. The molecular weight excluding hydrogens is 459 g/mol. The van der Waals surface area contributed by atoms with E-state index >= 15 is 0 Å². The molecule has 9 heteroatoms. The summed E-state index contributed by atoms with van der Waals surface area (Å²) in [5, 5.41) is 8.87. The predicted octanol–water partition coefficient (Wildman–Crippen LogP) is 3.86. The highest BCUT2D eigenvalue weighted by Gasteiger charge is 2.27. The Morgan fingerprint density at radius 2 is 1.92 bits per heavy atom. The number of carbonyl (C=O) groups is 1. The molecule has 4 aromatic rings. The average Bonchev–Trinajstić information content (AvgIpc) is 3.39. The molecule has 186 valence electrons. The highest BCUT2D eigenvalue weighted by atomic mass is 19.1. The second-order valence-electron chi connectivity index (χ2n) is 9.11. The molecule has 0 radical (unpaired) electrons. The lowest BCUT2D eigenvalue weighted by Crippen LogP contribution is -2.49. The van der Waals surface area contributed by atoms with Gasteiger partial charge in [0.1, 0.15) is 11.5 Å². The average molecular weight is 489 g/mol. The van der Waals surface area contributed by atoms with Crippen LogP contribution in [0.2, 0.25) is 0 Å². The van der Waals surface area contributed by atoms with Crippen molar-refractivity contribution in [3.05, 3.63) is 76.5 Å². The van der Waals surface area contributed by atoms with Gasteiger partial charge < -0.3 is 9.88 Å². The number of amides is 1. The standard InChI is InChI=1S/C27H29FN6O2/c1-3-32(4-2)22-6-5-13-33(16-22)27(36)18-7-10-21(11-8-18)34-17-25(30-31-34)23-15-19-14-20(28)9-12-24(19)29-26(23)35/h7-12,14-15,17,22H,3-6,13,16H2,1-2H3,(H,29,35)/t22-/m1/s1. The lowest BCUT2D eigenvalue weighted by molar-refractivity contribution is 0.0589. The number of piperidine rings is 1. The molecule has 0 saturated carbocycles. The van der Waals surface area contributed by atoms with E-state index in [1.165, 1.54) is 18.2 Å². The molecule has 0 bridgehead atoms. The van der Waals surface area contributed by atoms with Crippen LogP contribution in [0.4, 0.5) is 4.39 Å². The van der Waals surface area contributed by atoms with Crippen LogP contribution in [0.15, 0.2) is 59.5 Å². The summed E-state index contributed by atoms with van der Waals surface area (Å²) in [6.45, 7) is 7.82. The summed E-state index contributed by atoms with van der Waals surface area (Å²) in [6, 6.07) is 13.4. The summed E-state index contributed by atoms with van der Waals surface area (Å²) in [7, 11) is 0. The summed E-state index contributed by atoms with van der Waals surface area (Å²) < 4.78 is 15.2. The van der Waals surface area contributed by atoms with Crippen molar-refractivity contribution in [1.82, 2.24) is 29.8 Å². The maximum absolute atomic E-state index is 13.6. The van der Waals surface area contributed by atoms with Gasteiger partial charge in [-0.3, -0.25) is 14.5 Å². The molecule has 0 spiro atoms. The van der Waals surface area contributed by atoms with Crippen LogP contribution in [0.25, 0.3) is 27.8 Å². The number of hydrogen-bond acceptors (Lipinski definition) is 5. The number of likely N-dealkylation sites (N-methyl/N-ethyl adjacent to an activating group) is 1. The van der Waals surface area contributed by atoms with Crippen LogP contribution < -0.4 is 5.56 Å². The first-order valence-corrected chi connectivity index (χ1v) is 12.4. The molecule has 3 heterocycles. The zero-order valence-electron chi connectivity index (χ0n) is 20.4. The van der Waals surface area contributed by atoms with Crippen molar-refractivity contribution in [2.45, 2.75) is 32.7 Å². The number of halogens is 1. The third kappa shape index (κ3) is 4.66. The summed E-state index contributed by atoms with van der Waals surface area (Å²) in [6.07, 6.45) is 3.77. The van der Waals surface area contributed by atoms with E-state index in [0.29, 0.717) is 39.5 Å². The Kier molecular flexibility index (Phi) is 6.65. The predicted molar refractivity (Wildman–Crippen MR) is 137 cm³/mol. The van der Waals surface area contributed by atoms with E-state index in [4.69, 9.17) is 0 Å². The number of fused-ring (bicyclic) bond motifs is 1. The molecule has 0 aliphatic carbocycles. The van der Waals surface area contributed by atoms with E-state index in [0.717, 1.165) is 39.0 Å². The maximum atomic E-state index is 13.6. The number of hydrogen-bond donors (Lipinski definition) is 1. The Labute approximate surface area is 208 Å². The number of benzene rings is 2. The molecular formula is C27H29FN6O2. The molecule has 0 unspecified atom stereocenters. The van der Waals surface area contributed by atoms with Crippen LogP contribution in [0.3, 0.4) is 0 Å². The van der Waals surface area contributed by atoms with E-state index < -0.39 is 0 Å². The highest BCUT2D eigenvalue weighted by molar-refractivity contribution is 5.94. The third-order valence-corrected chi connectivity index (χ3v) is 6.97. The molecule has 1 aliphatic heterocycles. The van der Waals surface area contributed by atoms with Crippen molar-refractivity contribution < 1.29 is 9.18 Å². The topological polar surface area (TPSA) is 87.1 Å². The number of carbonyl (C=O) groups excluding carboxylic acids is 1. The lowest BCUT2D eigenvalue weighted by Gasteiger charge is -2.38. The van der Waals surface area contributed by atoms with E-state index in [-0.39, 0.29) is 17.3 Å². The Balaban J connectivity index is 1.34. The second-order valence-corrected chi connectivity index (χ2v) is 9.11. The number of aromatic nitrogens is 4. The zero-order valence-corrected chi connectivity index (χ0v) is 20.4. The zero-order chi connectivity index (χ0) is 25.2. The van der Waals surface area contributed by atoms with E-state index in [9.17, 15) is 14.0 Å². The summed E-state index contributed by atoms with van der Waals surface area (Å²) in [4.78, 5) is 32.8. The molecule has 36 heavy (non-hydrogen) atoms. The molecule has 8 nitrogen and oxygen atoms in total. The number of aromatic amines is 1. The minimum absolute atomic E-state index is 0.0348. The number of H-pyrrole nitrogens is 1. The van der Waals surface area contributed by atoms with Crippen molar-refractivity contribution >= 4 is 16.8 Å². The van der Waals surface area contributed by atoms with Crippen molar-refractivity contribution in [1.29, 1.82) is 0 Å². The number of rotatable bonds is 6. The monoisotopic (exact) mass is 488 g/mol. The van der Waals surface area contributed by atoms with Crippen LogP contribution in [-0.2, 0) is 0 Å². The van der Waals surface area contributed by atoms with Gasteiger partial charge in [0, 0.05) is 35.6 Å². The summed E-state index contributed by atoms with van der Waals surface area (Å²) >= 11 is 0. The van der Waals surface area contributed by atoms with Gasteiger partial charge in [-0.05, 0) is 74.5 Å². The van der Waals surface area contributed by atoms with Gasteiger partial charge in [0.2, 0.25) is 0 Å². The molecule has 5 rings (SSSR count). The SMILES string of the molecule is CCN(CC)[C@@H]1CCCN(C(=O)c2ccc(-n3cc(-c4cc5cc(F)ccc5[nH]c4=O)nn3)cc2)C1. The number of nitrogens with one attached hydrogen (secondary N) is 1. The van der Waals surface area contributed by atoms with Crippen LogP contribution in [0, 0.1) is 5.82 Å². The fourth-order valence-corrected chi connectivity index (χ4v) is 5.00. The fraction of sp³-hybridized carbons (Fsp3) is 0.333. The van der Waals surface area contributed by atoms with Gasteiger partial charge in [-0.25, -0.2) is 9.07 Å². The minimum Gasteiger partial charge on any atom is -0.337 e. The highest BCUT2D eigenvalue weighted by Crippen LogP contribution is 2.21. The maximum Gasteiger partial charge on any atom is 0.258 e. The molecule has 2 aromatic carbocycles. The Hall–Kier alpha value is -3.85. The number of nitrogens with zero attached hydrogens (tertiary/aromatic N) is 5. The second kappa shape index (κ2) is 10.0.